The number of rotatable bonds is 5. The van der Waals surface area contributed by atoms with Gasteiger partial charge in [-0.15, -0.1) is 0 Å². The van der Waals surface area contributed by atoms with E-state index in [1.54, 1.807) is 36.4 Å². The van der Waals surface area contributed by atoms with Crippen molar-refractivity contribution in [3.8, 4) is 6.07 Å². The number of nitrogens with zero attached hydrogens (tertiary/aromatic N) is 2. The second kappa shape index (κ2) is 8.81. The molecule has 1 aromatic heterocycles. The van der Waals surface area contributed by atoms with Gasteiger partial charge in [-0.25, -0.2) is 4.98 Å². The number of hydrogen-bond acceptors (Lipinski definition) is 4. The molecule has 0 atom stereocenters. The van der Waals surface area contributed by atoms with Crippen LogP contribution in [0.1, 0.15) is 44.6 Å². The number of pyridine rings is 1. The van der Waals surface area contributed by atoms with Crippen LogP contribution in [0, 0.1) is 18.3 Å². The van der Waals surface area contributed by atoms with E-state index in [1.807, 2.05) is 38.1 Å². The van der Waals surface area contributed by atoms with Gasteiger partial charge >= 0.3 is 0 Å². The molecule has 0 saturated carbocycles. The van der Waals surface area contributed by atoms with Gasteiger partial charge < -0.3 is 10.6 Å². The van der Waals surface area contributed by atoms with Gasteiger partial charge in [0.15, 0.2) is 0 Å². The Morgan fingerprint density at radius 1 is 0.931 bits per heavy atom. The van der Waals surface area contributed by atoms with Gasteiger partial charge in [-0.05, 0) is 48.7 Å². The zero-order valence-corrected chi connectivity index (χ0v) is 16.2. The van der Waals surface area contributed by atoms with Crippen LogP contribution < -0.4 is 10.6 Å². The lowest BCUT2D eigenvalue weighted by Crippen LogP contribution is -2.19. The van der Waals surface area contributed by atoms with E-state index in [0.29, 0.717) is 11.3 Å². The minimum Gasteiger partial charge on any atom is -0.320 e. The van der Waals surface area contributed by atoms with Crippen LogP contribution in [0.5, 0.6) is 0 Å². The van der Waals surface area contributed by atoms with E-state index in [4.69, 9.17) is 5.26 Å². The zero-order valence-electron chi connectivity index (χ0n) is 16.2. The number of carbonyl (C=O) groups is 2. The molecule has 2 N–H and O–H groups in total. The van der Waals surface area contributed by atoms with Crippen molar-refractivity contribution >= 4 is 23.2 Å². The first-order valence-electron chi connectivity index (χ1n) is 9.21. The van der Waals surface area contributed by atoms with Gasteiger partial charge in [0, 0.05) is 5.69 Å². The maximum Gasteiger partial charge on any atom is 0.274 e. The van der Waals surface area contributed by atoms with Gasteiger partial charge in [-0.3, -0.25) is 9.59 Å². The summed E-state index contributed by atoms with van der Waals surface area (Å²) < 4.78 is 0. The maximum absolute atomic E-state index is 12.7. The second-order valence-electron chi connectivity index (χ2n) is 6.44. The molecule has 0 radical (unpaired) electrons. The summed E-state index contributed by atoms with van der Waals surface area (Å²) in [6.45, 7) is 3.95. The van der Waals surface area contributed by atoms with Crippen LogP contribution in [0.2, 0.25) is 0 Å². The van der Waals surface area contributed by atoms with Crippen LogP contribution in [-0.2, 0) is 6.42 Å². The summed E-state index contributed by atoms with van der Waals surface area (Å²) in [5.41, 5.74) is 3.72. The van der Waals surface area contributed by atoms with Gasteiger partial charge in [-0.1, -0.05) is 43.3 Å². The first-order chi connectivity index (χ1) is 14.0. The third kappa shape index (κ3) is 4.47. The number of amides is 2. The van der Waals surface area contributed by atoms with Crippen LogP contribution in [0.3, 0.4) is 0 Å². The minimum absolute atomic E-state index is 0.0888. The van der Waals surface area contributed by atoms with Crippen LogP contribution in [0.15, 0.2) is 60.7 Å². The van der Waals surface area contributed by atoms with E-state index >= 15 is 0 Å². The molecule has 3 aromatic rings. The Bertz CT molecular complexity index is 1120. The number of nitriles is 1. The lowest BCUT2D eigenvalue weighted by Gasteiger charge is -2.13. The van der Waals surface area contributed by atoms with E-state index in [-0.39, 0.29) is 17.3 Å². The largest absolute Gasteiger partial charge is 0.320 e. The molecule has 1 heterocycles. The number of aryl methyl sites for hydroxylation is 2. The fraction of sp³-hybridized carbons (Fsp3) is 0.130. The van der Waals surface area contributed by atoms with Gasteiger partial charge in [0.1, 0.15) is 17.5 Å². The van der Waals surface area contributed by atoms with Crippen LogP contribution in [0.25, 0.3) is 0 Å². The standard InChI is InChI=1S/C23H20N4O2/c1-3-16-10-6-8-15(2)21(16)27-23(29)20-13-7-12-19(25-20)22(28)26-18-11-5-4-9-17(18)14-24/h4-13H,3H2,1-2H3,(H,26,28)(H,27,29). The summed E-state index contributed by atoms with van der Waals surface area (Å²) in [6.07, 6.45) is 0.783. The number of benzene rings is 2. The normalized spacial score (nSPS) is 10.1. The summed E-state index contributed by atoms with van der Waals surface area (Å²) in [5, 5.41) is 14.7. The average Bonchev–Trinajstić information content (AvgIpc) is 2.75. The van der Waals surface area contributed by atoms with E-state index < -0.39 is 5.91 Å². The molecular formula is C23H20N4O2. The molecule has 0 bridgehead atoms. The third-order valence-electron chi connectivity index (χ3n) is 4.49. The molecule has 2 aromatic carbocycles. The highest BCUT2D eigenvalue weighted by molar-refractivity contribution is 6.06. The van der Waals surface area contributed by atoms with Crippen molar-refractivity contribution in [2.24, 2.45) is 0 Å². The molecule has 6 nitrogen and oxygen atoms in total. The SMILES string of the molecule is CCc1cccc(C)c1NC(=O)c1cccc(C(=O)Nc2ccccc2C#N)n1. The zero-order chi connectivity index (χ0) is 20.8. The summed E-state index contributed by atoms with van der Waals surface area (Å²) in [6, 6.07) is 19.2. The molecule has 144 valence electrons. The Hall–Kier alpha value is -3.98. The lowest BCUT2D eigenvalue weighted by atomic mass is 10.1. The van der Waals surface area contributed by atoms with E-state index in [1.165, 1.54) is 6.07 Å². The smallest absolute Gasteiger partial charge is 0.274 e. The van der Waals surface area contributed by atoms with Crippen molar-refractivity contribution in [3.63, 3.8) is 0 Å². The topological polar surface area (TPSA) is 94.9 Å². The average molecular weight is 384 g/mol. The van der Waals surface area contributed by atoms with Gasteiger partial charge in [-0.2, -0.15) is 5.26 Å². The molecule has 0 saturated heterocycles. The van der Waals surface area contributed by atoms with Gasteiger partial charge in [0.05, 0.1) is 11.3 Å². The predicted molar refractivity (Wildman–Crippen MR) is 112 cm³/mol. The van der Waals surface area contributed by atoms with Gasteiger partial charge in [0.25, 0.3) is 11.8 Å². The Morgan fingerprint density at radius 2 is 1.59 bits per heavy atom. The molecular weight excluding hydrogens is 364 g/mol. The van der Waals surface area contributed by atoms with E-state index in [0.717, 1.165) is 23.2 Å². The summed E-state index contributed by atoms with van der Waals surface area (Å²) in [4.78, 5) is 29.5. The number of para-hydroxylation sites is 2. The van der Waals surface area contributed by atoms with Crippen molar-refractivity contribution in [1.82, 2.24) is 4.98 Å². The van der Waals surface area contributed by atoms with E-state index in [9.17, 15) is 9.59 Å². The van der Waals surface area contributed by atoms with Crippen molar-refractivity contribution in [2.45, 2.75) is 20.3 Å². The summed E-state index contributed by atoms with van der Waals surface area (Å²) in [7, 11) is 0. The molecule has 6 heteroatoms. The molecule has 0 aliphatic heterocycles. The Morgan fingerprint density at radius 3 is 2.28 bits per heavy atom. The summed E-state index contributed by atoms with van der Waals surface area (Å²) >= 11 is 0. The summed E-state index contributed by atoms with van der Waals surface area (Å²) in [5.74, 6) is -0.881. The highest BCUT2D eigenvalue weighted by atomic mass is 16.2. The monoisotopic (exact) mass is 384 g/mol. The molecule has 2 amide bonds. The van der Waals surface area contributed by atoms with Crippen molar-refractivity contribution in [1.29, 1.82) is 5.26 Å². The fourth-order valence-corrected chi connectivity index (χ4v) is 2.94. The number of nitrogens with one attached hydrogen (secondary N) is 2. The molecule has 0 aliphatic carbocycles. The molecule has 0 unspecified atom stereocenters. The quantitative estimate of drug-likeness (QED) is 0.684. The number of hydrogen-bond donors (Lipinski definition) is 2. The van der Waals surface area contributed by atoms with Crippen molar-refractivity contribution in [3.05, 3.63) is 88.7 Å². The van der Waals surface area contributed by atoms with E-state index in [2.05, 4.69) is 15.6 Å². The highest BCUT2D eigenvalue weighted by Gasteiger charge is 2.15. The third-order valence-corrected chi connectivity index (χ3v) is 4.49. The molecule has 29 heavy (non-hydrogen) atoms. The maximum atomic E-state index is 12.7. The first kappa shape index (κ1) is 19.8. The van der Waals surface area contributed by atoms with Crippen molar-refractivity contribution in [2.75, 3.05) is 10.6 Å². The second-order valence-corrected chi connectivity index (χ2v) is 6.44. The van der Waals surface area contributed by atoms with Crippen molar-refractivity contribution < 1.29 is 9.59 Å². The number of carbonyl (C=O) groups excluding carboxylic acids is 2. The number of aromatic nitrogens is 1. The first-order valence-corrected chi connectivity index (χ1v) is 9.21. The number of anilines is 2. The Kier molecular flexibility index (Phi) is 6.00. The highest BCUT2D eigenvalue weighted by Crippen LogP contribution is 2.22. The van der Waals surface area contributed by atoms with Gasteiger partial charge in [0.2, 0.25) is 0 Å². The van der Waals surface area contributed by atoms with Crippen LogP contribution in [0.4, 0.5) is 11.4 Å². The Labute approximate surface area is 169 Å². The van der Waals surface area contributed by atoms with Crippen LogP contribution in [-0.4, -0.2) is 16.8 Å². The van der Waals surface area contributed by atoms with Crippen LogP contribution >= 0.6 is 0 Å². The minimum atomic E-state index is -0.493. The Balaban J connectivity index is 1.82. The molecule has 0 aliphatic rings. The molecule has 0 fully saturated rings. The molecule has 3 rings (SSSR count). The predicted octanol–water partition coefficient (Wildman–Crippen LogP) is 4.33. The fourth-order valence-electron chi connectivity index (χ4n) is 2.94. The lowest BCUT2D eigenvalue weighted by molar-refractivity contribution is 0.101. The molecule has 0 spiro atoms.